The van der Waals surface area contributed by atoms with Gasteiger partial charge < -0.3 is 9.67 Å². The molecule has 1 N–H and O–H groups in total. The molecule has 0 unspecified atom stereocenters. The average molecular weight is 287 g/mol. The molecule has 0 atom stereocenters. The van der Waals surface area contributed by atoms with E-state index in [0.29, 0.717) is 12.1 Å². The van der Waals surface area contributed by atoms with Gasteiger partial charge in [0.25, 0.3) is 0 Å². The smallest absolute Gasteiger partial charge is 0.337 e. The number of carboxylic acids is 1. The molecule has 0 aliphatic heterocycles. The number of aromatic nitrogens is 3. The number of hydrogen-bond donors (Lipinski definition) is 1. The molecule has 2 heterocycles. The van der Waals surface area contributed by atoms with Crippen LogP contribution < -0.4 is 0 Å². The Morgan fingerprint density at radius 1 is 1.40 bits per heavy atom. The van der Waals surface area contributed by atoms with E-state index in [1.54, 1.807) is 23.5 Å². The molecule has 0 aliphatic rings. The van der Waals surface area contributed by atoms with Crippen molar-refractivity contribution in [1.29, 1.82) is 0 Å². The minimum atomic E-state index is -0.950. The lowest BCUT2D eigenvalue weighted by atomic mass is 10.2. The molecule has 0 amide bonds. The van der Waals surface area contributed by atoms with Crippen molar-refractivity contribution in [2.24, 2.45) is 0 Å². The van der Waals surface area contributed by atoms with Gasteiger partial charge in [-0.05, 0) is 26.0 Å². The first kappa shape index (κ1) is 12.8. The zero-order chi connectivity index (χ0) is 14.3. The molecular weight excluding hydrogens is 274 g/mol. The third-order valence-electron chi connectivity index (χ3n) is 3.35. The number of benzene rings is 1. The molecule has 102 valence electrons. The Hall–Kier alpha value is -2.21. The highest BCUT2D eigenvalue weighted by molar-refractivity contribution is 7.09. The monoisotopic (exact) mass is 287 g/mol. The Kier molecular flexibility index (Phi) is 3.02. The van der Waals surface area contributed by atoms with Gasteiger partial charge in [-0.15, -0.1) is 11.3 Å². The number of thiazole rings is 1. The molecule has 3 rings (SSSR count). The summed E-state index contributed by atoms with van der Waals surface area (Å²) < 4.78 is 2.03. The maximum absolute atomic E-state index is 11.2. The molecule has 3 aromatic rings. The first-order chi connectivity index (χ1) is 9.58. The third-order valence-corrected chi connectivity index (χ3v) is 4.27. The van der Waals surface area contributed by atoms with Gasteiger partial charge in [-0.2, -0.15) is 0 Å². The fourth-order valence-corrected chi connectivity index (χ4v) is 3.02. The summed E-state index contributed by atoms with van der Waals surface area (Å²) in [5.41, 5.74) is 4.45. The number of hydrogen-bond acceptors (Lipinski definition) is 4. The predicted octanol–water partition coefficient (Wildman–Crippen LogP) is 2.86. The van der Waals surface area contributed by atoms with E-state index < -0.39 is 5.97 Å². The Morgan fingerprint density at radius 2 is 2.20 bits per heavy atom. The second-order valence-corrected chi connectivity index (χ2v) is 5.52. The highest BCUT2D eigenvalue weighted by Gasteiger charge is 2.15. The van der Waals surface area contributed by atoms with Gasteiger partial charge in [0.2, 0.25) is 0 Å². The Morgan fingerprint density at radius 3 is 2.85 bits per heavy atom. The minimum absolute atomic E-state index is 0.241. The van der Waals surface area contributed by atoms with Crippen molar-refractivity contribution in [3.63, 3.8) is 0 Å². The largest absolute Gasteiger partial charge is 0.478 e. The number of imidazole rings is 1. The maximum atomic E-state index is 11.2. The number of aryl methyl sites for hydroxylation is 2. The number of rotatable bonds is 3. The summed E-state index contributed by atoms with van der Waals surface area (Å²) in [6, 6.07) is 5.24. The van der Waals surface area contributed by atoms with Crippen LogP contribution in [0.5, 0.6) is 0 Å². The summed E-state index contributed by atoms with van der Waals surface area (Å²) >= 11 is 1.60. The van der Waals surface area contributed by atoms with Crippen LogP contribution in [0.3, 0.4) is 0 Å². The van der Waals surface area contributed by atoms with Crippen LogP contribution in [-0.4, -0.2) is 25.6 Å². The molecule has 0 saturated carbocycles. The normalized spacial score (nSPS) is 11.1. The molecule has 6 heteroatoms. The SMILES string of the molecule is Cc1ncsc1Cn1c(C)nc2c(C(=O)O)cccc21. The number of nitrogens with zero attached hydrogens (tertiary/aromatic N) is 3. The van der Waals surface area contributed by atoms with Gasteiger partial charge in [-0.1, -0.05) is 6.07 Å². The van der Waals surface area contributed by atoms with Gasteiger partial charge in [0.05, 0.1) is 28.8 Å². The molecule has 0 radical (unpaired) electrons. The fourth-order valence-electron chi connectivity index (χ4n) is 2.26. The summed E-state index contributed by atoms with van der Waals surface area (Å²) in [4.78, 5) is 21.1. The first-order valence-electron chi connectivity index (χ1n) is 6.16. The second-order valence-electron chi connectivity index (χ2n) is 4.58. The predicted molar refractivity (Wildman–Crippen MR) is 77.4 cm³/mol. The van der Waals surface area contributed by atoms with Crippen molar-refractivity contribution in [3.8, 4) is 0 Å². The van der Waals surface area contributed by atoms with Crippen molar-refractivity contribution < 1.29 is 9.90 Å². The molecular formula is C14H13N3O2S. The van der Waals surface area contributed by atoms with Crippen molar-refractivity contribution in [1.82, 2.24) is 14.5 Å². The first-order valence-corrected chi connectivity index (χ1v) is 7.04. The van der Waals surface area contributed by atoms with Crippen LogP contribution in [-0.2, 0) is 6.54 Å². The van der Waals surface area contributed by atoms with Crippen molar-refractivity contribution >= 4 is 28.3 Å². The highest BCUT2D eigenvalue weighted by atomic mass is 32.1. The highest BCUT2D eigenvalue weighted by Crippen LogP contribution is 2.23. The number of aromatic carboxylic acids is 1. The van der Waals surface area contributed by atoms with Crippen LogP contribution in [0.15, 0.2) is 23.7 Å². The number of carbonyl (C=O) groups is 1. The molecule has 20 heavy (non-hydrogen) atoms. The van der Waals surface area contributed by atoms with E-state index in [4.69, 9.17) is 0 Å². The van der Waals surface area contributed by atoms with Crippen molar-refractivity contribution in [2.45, 2.75) is 20.4 Å². The van der Waals surface area contributed by atoms with Crippen molar-refractivity contribution in [2.75, 3.05) is 0 Å². The molecule has 0 fully saturated rings. The van der Waals surface area contributed by atoms with Crippen LogP contribution in [0.4, 0.5) is 0 Å². The van der Waals surface area contributed by atoms with E-state index in [-0.39, 0.29) is 5.56 Å². The van der Waals surface area contributed by atoms with Gasteiger partial charge in [0, 0.05) is 4.88 Å². The third kappa shape index (κ3) is 1.98. The molecule has 2 aromatic heterocycles. The van der Waals surface area contributed by atoms with Crippen LogP contribution in [0, 0.1) is 13.8 Å². The molecule has 1 aromatic carbocycles. The summed E-state index contributed by atoms with van der Waals surface area (Å²) in [6.45, 7) is 4.53. The van der Waals surface area contributed by atoms with Crippen LogP contribution in [0.1, 0.15) is 26.8 Å². The van der Waals surface area contributed by atoms with Gasteiger partial charge in [0.15, 0.2) is 0 Å². The minimum Gasteiger partial charge on any atom is -0.478 e. The van der Waals surface area contributed by atoms with E-state index in [2.05, 4.69) is 9.97 Å². The molecule has 0 spiro atoms. The summed E-state index contributed by atoms with van der Waals surface area (Å²) in [7, 11) is 0. The number of carboxylic acid groups (broad SMARTS) is 1. The van der Waals surface area contributed by atoms with E-state index in [1.165, 1.54) is 0 Å². The summed E-state index contributed by atoms with van der Waals surface area (Å²) in [5, 5.41) is 9.23. The lowest BCUT2D eigenvalue weighted by Crippen LogP contribution is -2.02. The second kappa shape index (κ2) is 4.72. The zero-order valence-corrected chi connectivity index (χ0v) is 11.9. The Balaban J connectivity index is 2.17. The lowest BCUT2D eigenvalue weighted by Gasteiger charge is -2.05. The Labute approximate surface area is 119 Å². The van der Waals surface area contributed by atoms with Crippen LogP contribution >= 0.6 is 11.3 Å². The lowest BCUT2D eigenvalue weighted by molar-refractivity contribution is 0.0699. The number of fused-ring (bicyclic) bond motifs is 1. The van der Waals surface area contributed by atoms with E-state index in [1.807, 2.05) is 30.0 Å². The van der Waals surface area contributed by atoms with E-state index in [0.717, 1.165) is 21.9 Å². The fraction of sp³-hybridized carbons (Fsp3) is 0.214. The van der Waals surface area contributed by atoms with Gasteiger partial charge in [-0.3, -0.25) is 0 Å². The topological polar surface area (TPSA) is 68.0 Å². The standard InChI is InChI=1S/C14H13N3O2S/c1-8-12(20-7-15-8)6-17-9(2)16-13-10(14(18)19)4-3-5-11(13)17/h3-5,7H,6H2,1-2H3,(H,18,19). The van der Waals surface area contributed by atoms with Crippen LogP contribution in [0.25, 0.3) is 11.0 Å². The van der Waals surface area contributed by atoms with Gasteiger partial charge in [0.1, 0.15) is 11.3 Å². The van der Waals surface area contributed by atoms with Crippen LogP contribution in [0.2, 0.25) is 0 Å². The van der Waals surface area contributed by atoms with E-state index in [9.17, 15) is 9.90 Å². The average Bonchev–Trinajstić information content (AvgIpc) is 2.94. The van der Waals surface area contributed by atoms with Gasteiger partial charge in [-0.25, -0.2) is 14.8 Å². The van der Waals surface area contributed by atoms with E-state index >= 15 is 0 Å². The maximum Gasteiger partial charge on any atom is 0.337 e. The molecule has 5 nitrogen and oxygen atoms in total. The molecule has 0 aliphatic carbocycles. The Bertz CT molecular complexity index is 804. The van der Waals surface area contributed by atoms with Crippen molar-refractivity contribution in [3.05, 3.63) is 45.7 Å². The summed E-state index contributed by atoms with van der Waals surface area (Å²) in [5.74, 6) is -0.143. The van der Waals surface area contributed by atoms with Gasteiger partial charge >= 0.3 is 5.97 Å². The zero-order valence-electron chi connectivity index (χ0n) is 11.1. The quantitative estimate of drug-likeness (QED) is 0.804. The summed E-state index contributed by atoms with van der Waals surface area (Å²) in [6.07, 6.45) is 0. The molecule has 0 saturated heterocycles. The molecule has 0 bridgehead atoms. The number of para-hydroxylation sites is 1.